The number of methoxy groups -OCH3 is 1. The van der Waals surface area contributed by atoms with Gasteiger partial charge in [-0.05, 0) is 31.2 Å². The molecule has 1 saturated heterocycles. The van der Waals surface area contributed by atoms with Crippen LogP contribution >= 0.6 is 11.6 Å². The average molecular weight is 469 g/mol. The molecular weight excluding hydrogens is 444 g/mol. The Bertz CT molecular complexity index is 1020. The molecule has 1 amide bonds. The van der Waals surface area contributed by atoms with Crippen molar-refractivity contribution in [1.82, 2.24) is 9.62 Å². The van der Waals surface area contributed by atoms with E-state index < -0.39 is 10.0 Å². The van der Waals surface area contributed by atoms with Crippen LogP contribution in [-0.2, 0) is 19.6 Å². The van der Waals surface area contributed by atoms with Crippen molar-refractivity contribution in [3.05, 3.63) is 53.1 Å². The van der Waals surface area contributed by atoms with E-state index in [9.17, 15) is 13.2 Å². The highest BCUT2D eigenvalue weighted by Crippen LogP contribution is 2.29. The molecule has 1 atom stereocenters. The van der Waals surface area contributed by atoms with E-state index in [1.807, 2.05) is 31.2 Å². The number of nitrogens with zero attached hydrogens (tertiary/aromatic N) is 1. The van der Waals surface area contributed by atoms with Gasteiger partial charge in [-0.15, -0.1) is 0 Å². The fourth-order valence-corrected chi connectivity index (χ4v) is 4.96. The minimum Gasteiger partial charge on any atom is -0.496 e. The highest BCUT2D eigenvalue weighted by Gasteiger charge is 2.27. The van der Waals surface area contributed by atoms with Crippen LogP contribution < -0.4 is 14.8 Å². The Labute approximate surface area is 187 Å². The molecule has 1 N–H and O–H groups in total. The lowest BCUT2D eigenvalue weighted by atomic mass is 10.1. The first kappa shape index (κ1) is 23.3. The van der Waals surface area contributed by atoms with Gasteiger partial charge in [-0.25, -0.2) is 8.42 Å². The molecule has 10 heteroatoms. The Morgan fingerprint density at radius 3 is 2.58 bits per heavy atom. The number of hydrogen-bond donors (Lipinski definition) is 1. The van der Waals surface area contributed by atoms with E-state index in [2.05, 4.69) is 5.32 Å². The maximum absolute atomic E-state index is 12.7. The quantitative estimate of drug-likeness (QED) is 0.640. The van der Waals surface area contributed by atoms with Crippen molar-refractivity contribution in [3.8, 4) is 11.5 Å². The van der Waals surface area contributed by atoms with Crippen LogP contribution in [0.25, 0.3) is 0 Å². The molecule has 168 valence electrons. The lowest BCUT2D eigenvalue weighted by Gasteiger charge is -2.26. The summed E-state index contributed by atoms with van der Waals surface area (Å²) in [5.41, 5.74) is 0.842. The number of rotatable bonds is 8. The fraction of sp³-hybridized carbons (Fsp3) is 0.381. The van der Waals surface area contributed by atoms with Crippen LogP contribution in [0.3, 0.4) is 0 Å². The summed E-state index contributed by atoms with van der Waals surface area (Å²) in [7, 11) is -2.09. The molecule has 1 heterocycles. The van der Waals surface area contributed by atoms with E-state index in [0.29, 0.717) is 32.1 Å². The number of benzene rings is 2. The van der Waals surface area contributed by atoms with Crippen LogP contribution in [0, 0.1) is 0 Å². The van der Waals surface area contributed by atoms with E-state index >= 15 is 0 Å². The SMILES string of the molecule is COc1ccccc1C(C)NC(=O)COc1ccc(S(=O)(=O)N2CCOCC2)cc1Cl. The molecular formula is C21H25ClN2O6S. The van der Waals surface area contributed by atoms with Gasteiger partial charge in [0.05, 0.1) is 36.3 Å². The first-order valence-electron chi connectivity index (χ1n) is 9.75. The van der Waals surface area contributed by atoms with Crippen LogP contribution in [-0.4, -0.2) is 58.7 Å². The van der Waals surface area contributed by atoms with Crippen molar-refractivity contribution in [2.45, 2.75) is 17.9 Å². The minimum absolute atomic E-state index is 0.0704. The molecule has 0 bridgehead atoms. The van der Waals surface area contributed by atoms with Gasteiger partial charge in [0.1, 0.15) is 11.5 Å². The summed E-state index contributed by atoms with van der Waals surface area (Å²) in [5.74, 6) is 0.554. The summed E-state index contributed by atoms with van der Waals surface area (Å²) < 4.78 is 42.8. The minimum atomic E-state index is -3.66. The van der Waals surface area contributed by atoms with Gasteiger partial charge in [0.2, 0.25) is 10.0 Å². The van der Waals surface area contributed by atoms with E-state index in [1.165, 1.54) is 22.5 Å². The predicted molar refractivity (Wildman–Crippen MR) is 116 cm³/mol. The van der Waals surface area contributed by atoms with Gasteiger partial charge in [-0.1, -0.05) is 29.8 Å². The Balaban J connectivity index is 1.61. The molecule has 0 radical (unpaired) electrons. The summed E-state index contributed by atoms with van der Waals surface area (Å²) in [4.78, 5) is 12.4. The topological polar surface area (TPSA) is 94.2 Å². The maximum Gasteiger partial charge on any atom is 0.258 e. The number of carbonyl (C=O) groups is 1. The molecule has 0 spiro atoms. The Kier molecular flexibility index (Phi) is 7.77. The standard InChI is InChI=1S/C21H25ClN2O6S/c1-15(17-5-3-4-6-19(17)28-2)23-21(25)14-30-20-8-7-16(13-18(20)22)31(26,27)24-9-11-29-12-10-24/h3-8,13,15H,9-12,14H2,1-2H3,(H,23,25). The molecule has 2 aromatic rings. The lowest BCUT2D eigenvalue weighted by Crippen LogP contribution is -2.40. The van der Waals surface area contributed by atoms with Gasteiger partial charge >= 0.3 is 0 Å². The number of halogens is 1. The van der Waals surface area contributed by atoms with E-state index in [1.54, 1.807) is 7.11 Å². The van der Waals surface area contributed by atoms with Gasteiger partial charge in [-0.3, -0.25) is 4.79 Å². The summed E-state index contributed by atoms with van der Waals surface area (Å²) in [6.45, 7) is 2.88. The molecule has 1 aliphatic heterocycles. The van der Waals surface area contributed by atoms with Gasteiger partial charge in [0.25, 0.3) is 5.91 Å². The second-order valence-electron chi connectivity index (χ2n) is 6.93. The van der Waals surface area contributed by atoms with E-state index in [4.69, 9.17) is 25.8 Å². The largest absolute Gasteiger partial charge is 0.496 e. The number of para-hydroxylation sites is 1. The van der Waals surface area contributed by atoms with Crippen molar-refractivity contribution in [2.24, 2.45) is 0 Å². The molecule has 31 heavy (non-hydrogen) atoms. The number of amides is 1. The van der Waals surface area contributed by atoms with Crippen LogP contribution in [0.2, 0.25) is 5.02 Å². The molecule has 0 saturated carbocycles. The molecule has 8 nitrogen and oxygen atoms in total. The van der Waals surface area contributed by atoms with Crippen LogP contribution in [0.15, 0.2) is 47.4 Å². The van der Waals surface area contributed by atoms with Crippen molar-refractivity contribution in [1.29, 1.82) is 0 Å². The van der Waals surface area contributed by atoms with Gasteiger partial charge in [-0.2, -0.15) is 4.31 Å². The monoisotopic (exact) mass is 468 g/mol. The Morgan fingerprint density at radius 1 is 1.19 bits per heavy atom. The predicted octanol–water partition coefficient (Wildman–Crippen LogP) is 2.63. The molecule has 2 aromatic carbocycles. The number of carbonyl (C=O) groups excluding carboxylic acids is 1. The zero-order valence-electron chi connectivity index (χ0n) is 17.3. The highest BCUT2D eigenvalue weighted by molar-refractivity contribution is 7.89. The maximum atomic E-state index is 12.7. The van der Waals surface area contributed by atoms with Gasteiger partial charge in [0, 0.05) is 18.7 Å². The Hall–Kier alpha value is -2.33. The number of morpholine rings is 1. The zero-order valence-corrected chi connectivity index (χ0v) is 18.9. The van der Waals surface area contributed by atoms with Crippen LogP contribution in [0.5, 0.6) is 11.5 Å². The summed E-state index contributed by atoms with van der Waals surface area (Å²) in [6, 6.07) is 11.3. The fourth-order valence-electron chi connectivity index (χ4n) is 3.22. The van der Waals surface area contributed by atoms with Crippen molar-refractivity contribution in [2.75, 3.05) is 40.0 Å². The Morgan fingerprint density at radius 2 is 1.90 bits per heavy atom. The average Bonchev–Trinajstić information content (AvgIpc) is 2.78. The number of hydrogen-bond acceptors (Lipinski definition) is 6. The van der Waals surface area contributed by atoms with E-state index in [0.717, 1.165) is 5.56 Å². The summed E-state index contributed by atoms with van der Waals surface area (Å²) in [5, 5.41) is 2.95. The van der Waals surface area contributed by atoms with E-state index in [-0.39, 0.29) is 34.2 Å². The molecule has 0 aromatic heterocycles. The molecule has 3 rings (SSSR count). The molecule has 1 unspecified atom stereocenters. The van der Waals surface area contributed by atoms with Gasteiger partial charge < -0.3 is 19.5 Å². The van der Waals surface area contributed by atoms with Crippen LogP contribution in [0.1, 0.15) is 18.5 Å². The second kappa shape index (κ2) is 10.3. The first-order chi connectivity index (χ1) is 14.8. The van der Waals surface area contributed by atoms with Crippen molar-refractivity contribution >= 4 is 27.5 Å². The van der Waals surface area contributed by atoms with Crippen molar-refractivity contribution in [3.63, 3.8) is 0 Å². The normalized spacial score (nSPS) is 15.8. The molecule has 0 aliphatic carbocycles. The summed E-state index contributed by atoms with van der Waals surface area (Å²) in [6.07, 6.45) is 0. The molecule has 1 aliphatic rings. The third-order valence-electron chi connectivity index (χ3n) is 4.85. The first-order valence-corrected chi connectivity index (χ1v) is 11.6. The smallest absolute Gasteiger partial charge is 0.258 e. The highest BCUT2D eigenvalue weighted by atomic mass is 35.5. The second-order valence-corrected chi connectivity index (χ2v) is 9.27. The van der Waals surface area contributed by atoms with Crippen molar-refractivity contribution < 1.29 is 27.4 Å². The number of nitrogens with one attached hydrogen (secondary N) is 1. The van der Waals surface area contributed by atoms with Gasteiger partial charge in [0.15, 0.2) is 6.61 Å². The van der Waals surface area contributed by atoms with Crippen LogP contribution in [0.4, 0.5) is 0 Å². The lowest BCUT2D eigenvalue weighted by molar-refractivity contribution is -0.123. The third-order valence-corrected chi connectivity index (χ3v) is 7.04. The summed E-state index contributed by atoms with van der Waals surface area (Å²) >= 11 is 6.22. The number of sulfonamides is 1. The number of ether oxygens (including phenoxy) is 3. The molecule has 1 fully saturated rings. The third kappa shape index (κ3) is 5.68. The zero-order chi connectivity index (χ0) is 22.4.